The summed E-state index contributed by atoms with van der Waals surface area (Å²) >= 11 is 0. The Bertz CT molecular complexity index is 8.00. The van der Waals surface area contributed by atoms with Gasteiger partial charge in [0, 0.05) is 62.6 Å². The maximum Gasteiger partial charge on any atom is 0 e. The van der Waals surface area contributed by atoms with E-state index in [1.54, 1.807) is 0 Å². The predicted octanol–water partition coefficient (Wildman–Crippen LogP) is 0.0738. The predicted molar refractivity (Wildman–Crippen MR) is 3.24 cm³/mol. The van der Waals surface area contributed by atoms with Crippen molar-refractivity contribution in [2.75, 3.05) is 0 Å². The molecule has 0 atom stereocenters. The summed E-state index contributed by atoms with van der Waals surface area (Å²) in [5, 5.41) is 0. The number of hydrogen-bond donors (Lipinski definition) is 0. The van der Waals surface area contributed by atoms with Gasteiger partial charge >= 0.3 is 0 Å². The molecular formula is CCoCrW. The third-order valence-corrected chi connectivity index (χ3v) is 0. The van der Waals surface area contributed by atoms with Crippen molar-refractivity contribution in [2.24, 2.45) is 0 Å². The Kier molecular flexibility index (Phi) is 236. The second-order valence-electron chi connectivity index (χ2n) is 0. The number of rotatable bonds is 0. The number of hydrogen-bond acceptors (Lipinski definition) is 0. The zero-order chi connectivity index (χ0) is 0. The minimum atomic E-state index is 0. The summed E-state index contributed by atoms with van der Waals surface area (Å²) in [4.78, 5) is 0. The van der Waals surface area contributed by atoms with E-state index in [4.69, 9.17) is 0 Å². The first-order valence-electron chi connectivity index (χ1n) is 0. The maximum atomic E-state index is 0. The fourth-order valence-electron chi connectivity index (χ4n) is 0. The fourth-order valence-corrected chi connectivity index (χ4v) is 0. The van der Waals surface area contributed by atoms with Gasteiger partial charge in [0.2, 0.25) is 0 Å². The third kappa shape index (κ3) is 9.29. The quantitative estimate of drug-likeness (QED) is 0.594. The van der Waals surface area contributed by atoms with Crippen LogP contribution in [0, 0.1) is 7.43 Å². The molecule has 25 valence electrons. The molecule has 0 unspecified atom stereocenters. The standard InChI is InChI=1S/C.Co.Cr.W. The zero-order valence-corrected chi connectivity index (χ0v) is 6.90. The summed E-state index contributed by atoms with van der Waals surface area (Å²) < 4.78 is 0. The molecule has 3 heteroatoms. The molecule has 0 aliphatic heterocycles. The van der Waals surface area contributed by atoms with Crippen LogP contribution in [-0.2, 0) is 55.2 Å². The van der Waals surface area contributed by atoms with Gasteiger partial charge in [-0.3, -0.25) is 0 Å². The monoisotopic (exact) mass is 307 g/mol. The van der Waals surface area contributed by atoms with Crippen LogP contribution in [0.2, 0.25) is 0 Å². The molecule has 0 N–H and O–H groups in total. The van der Waals surface area contributed by atoms with Crippen LogP contribution in [0.3, 0.4) is 0 Å². The second-order valence-corrected chi connectivity index (χ2v) is 0. The first-order chi connectivity index (χ1) is 0. The van der Waals surface area contributed by atoms with Crippen LogP contribution < -0.4 is 0 Å². The van der Waals surface area contributed by atoms with Crippen molar-refractivity contribution in [3.05, 3.63) is 7.43 Å². The van der Waals surface area contributed by atoms with Gasteiger partial charge in [0.05, 0.1) is 0 Å². The molecule has 0 nitrogen and oxygen atoms in total. The van der Waals surface area contributed by atoms with E-state index in [1.165, 1.54) is 0 Å². The zero-order valence-electron chi connectivity index (χ0n) is 1.65. The average Bonchev–Trinajstić information content (AvgIpc) is 0. The summed E-state index contributed by atoms with van der Waals surface area (Å²) in [5.41, 5.74) is 0. The Morgan fingerprint density at radius 2 is 1.00 bits per heavy atom. The van der Waals surface area contributed by atoms with Crippen LogP contribution in [0.5, 0.6) is 0 Å². The van der Waals surface area contributed by atoms with Gasteiger partial charge in [-0.15, -0.1) is 0 Å². The Morgan fingerprint density at radius 3 is 1.00 bits per heavy atom. The molecule has 0 heterocycles. The van der Waals surface area contributed by atoms with Crippen LogP contribution in [-0.4, -0.2) is 0 Å². The van der Waals surface area contributed by atoms with Crippen molar-refractivity contribution in [2.45, 2.75) is 0 Å². The largest absolute Gasteiger partial charge is 0 e. The van der Waals surface area contributed by atoms with Crippen molar-refractivity contribution in [1.82, 2.24) is 0 Å². The topological polar surface area (TPSA) is 0 Å². The molecule has 0 rings (SSSR count). The molecule has 0 aliphatic rings. The van der Waals surface area contributed by atoms with Crippen molar-refractivity contribution in [1.29, 1.82) is 0 Å². The van der Waals surface area contributed by atoms with Crippen LogP contribution >= 0.6 is 0 Å². The van der Waals surface area contributed by atoms with Crippen molar-refractivity contribution in [3.63, 3.8) is 0 Å². The Morgan fingerprint density at radius 1 is 1.00 bits per heavy atom. The molecule has 0 saturated carbocycles. The third-order valence-electron chi connectivity index (χ3n) is 0. The normalized spacial score (nSPS) is 0. The van der Waals surface area contributed by atoms with Gasteiger partial charge in [-0.05, 0) is 0 Å². The second kappa shape index (κ2) is 22.0. The molecule has 0 amide bonds. The summed E-state index contributed by atoms with van der Waals surface area (Å²) in [6.07, 6.45) is 0. The molecule has 0 aromatic rings. The minimum absolute atomic E-state index is 0. The van der Waals surface area contributed by atoms with Crippen LogP contribution in [0.4, 0.5) is 0 Å². The Labute approximate surface area is 62.3 Å². The van der Waals surface area contributed by atoms with Crippen LogP contribution in [0.15, 0.2) is 0 Å². The summed E-state index contributed by atoms with van der Waals surface area (Å²) in [6.45, 7) is 0. The summed E-state index contributed by atoms with van der Waals surface area (Å²) in [7, 11) is 0. The van der Waals surface area contributed by atoms with Gasteiger partial charge in [-0.25, -0.2) is 0 Å². The van der Waals surface area contributed by atoms with Gasteiger partial charge in [0.25, 0.3) is 0 Å². The molecule has 0 aromatic heterocycles. The van der Waals surface area contributed by atoms with Crippen molar-refractivity contribution < 1.29 is 55.2 Å². The molecule has 0 aliphatic carbocycles. The molecule has 0 bridgehead atoms. The molecular weight excluding hydrogens is 307 g/mol. The SMILES string of the molecule is [C].[Co].[Cr].[W]. The van der Waals surface area contributed by atoms with Gasteiger partial charge in [0.1, 0.15) is 0 Å². The first kappa shape index (κ1) is 42.9. The van der Waals surface area contributed by atoms with Crippen molar-refractivity contribution in [3.8, 4) is 0 Å². The van der Waals surface area contributed by atoms with E-state index in [2.05, 4.69) is 0 Å². The van der Waals surface area contributed by atoms with Crippen LogP contribution in [0.1, 0.15) is 0 Å². The smallest absolute Gasteiger partial charge is 0 e. The van der Waals surface area contributed by atoms with E-state index in [9.17, 15) is 0 Å². The molecule has 0 saturated heterocycles. The van der Waals surface area contributed by atoms with Gasteiger partial charge in [0.15, 0.2) is 0 Å². The Balaban J connectivity index is 0. The van der Waals surface area contributed by atoms with E-state index < -0.39 is 0 Å². The summed E-state index contributed by atoms with van der Waals surface area (Å²) in [5.74, 6) is 0. The summed E-state index contributed by atoms with van der Waals surface area (Å²) in [6, 6.07) is 0. The van der Waals surface area contributed by atoms with E-state index >= 15 is 0 Å². The van der Waals surface area contributed by atoms with Gasteiger partial charge in [-0.2, -0.15) is 0 Å². The van der Waals surface area contributed by atoms with Gasteiger partial charge < -0.3 is 0 Å². The Hall–Kier alpha value is 1.73. The fraction of sp³-hybridized carbons (Fsp3) is 0. The molecule has 0 spiro atoms. The first-order valence-corrected chi connectivity index (χ1v) is 0. The molecule has 0 fully saturated rings. The van der Waals surface area contributed by atoms with Crippen molar-refractivity contribution >= 4 is 0 Å². The van der Waals surface area contributed by atoms with E-state index in [0.717, 1.165) is 0 Å². The molecule has 5 radical (unpaired) electrons. The molecule has 0 aromatic carbocycles. The van der Waals surface area contributed by atoms with Gasteiger partial charge in [-0.1, -0.05) is 0 Å². The van der Waals surface area contributed by atoms with E-state index in [1.807, 2.05) is 0 Å². The minimum Gasteiger partial charge on any atom is 0 e. The average molecular weight is 307 g/mol. The van der Waals surface area contributed by atoms with E-state index in [0.29, 0.717) is 0 Å². The molecule has 4 heavy (non-hydrogen) atoms. The van der Waals surface area contributed by atoms with Crippen LogP contribution in [0.25, 0.3) is 0 Å². The maximum absolute atomic E-state index is 0. The van der Waals surface area contributed by atoms with E-state index in [-0.39, 0.29) is 62.6 Å².